The lowest BCUT2D eigenvalue weighted by Crippen LogP contribution is -2.28. The lowest BCUT2D eigenvalue weighted by atomic mass is 10.2. The quantitative estimate of drug-likeness (QED) is 0.661. The molecule has 0 unspecified atom stereocenters. The van der Waals surface area contributed by atoms with Gasteiger partial charge in [-0.15, -0.1) is 10.2 Å². The van der Waals surface area contributed by atoms with E-state index in [2.05, 4.69) is 25.7 Å². The molecule has 1 amide bonds. The third-order valence-corrected chi connectivity index (χ3v) is 3.63. The van der Waals surface area contributed by atoms with Crippen LogP contribution in [0.25, 0.3) is 0 Å². The van der Waals surface area contributed by atoms with Crippen LogP contribution in [-0.4, -0.2) is 62.4 Å². The maximum absolute atomic E-state index is 12.1. The first-order valence-corrected chi connectivity index (χ1v) is 8.29. The van der Waals surface area contributed by atoms with Crippen molar-refractivity contribution < 1.29 is 14.3 Å². The highest BCUT2D eigenvalue weighted by Crippen LogP contribution is 2.30. The number of carbonyl (C=O) groups is 1. The minimum atomic E-state index is -0.234. The van der Waals surface area contributed by atoms with Crippen molar-refractivity contribution in [1.82, 2.24) is 20.4 Å². The van der Waals surface area contributed by atoms with Gasteiger partial charge in [-0.2, -0.15) is 0 Å². The Morgan fingerprint density at radius 3 is 2.54 bits per heavy atom. The molecule has 0 spiro atoms. The number of aromatic nitrogens is 2. The molecule has 0 saturated carbocycles. The zero-order valence-electron chi connectivity index (χ0n) is 15.6. The summed E-state index contributed by atoms with van der Waals surface area (Å²) in [6.07, 6.45) is 0.876. The number of amides is 1. The molecule has 2 N–H and O–H groups in total. The second-order valence-electron chi connectivity index (χ2n) is 5.91. The summed E-state index contributed by atoms with van der Waals surface area (Å²) in [5, 5.41) is 14.0. The van der Waals surface area contributed by atoms with Gasteiger partial charge in [-0.25, -0.2) is 0 Å². The van der Waals surface area contributed by atoms with Gasteiger partial charge in [0.1, 0.15) is 11.5 Å². The van der Waals surface area contributed by atoms with Crippen LogP contribution in [0.15, 0.2) is 30.3 Å². The number of hydrogen-bond donors (Lipinski definition) is 2. The van der Waals surface area contributed by atoms with Crippen molar-refractivity contribution in [2.45, 2.75) is 6.42 Å². The Kier molecular flexibility index (Phi) is 7.16. The molecule has 0 saturated heterocycles. The SMILES string of the molecule is COc1ccc(OC)c(Nc2ccc(C(=O)NCCCN(C)C)nn2)c1. The van der Waals surface area contributed by atoms with Crippen molar-refractivity contribution in [3.05, 3.63) is 36.0 Å². The Morgan fingerprint density at radius 1 is 1.12 bits per heavy atom. The van der Waals surface area contributed by atoms with Crippen LogP contribution >= 0.6 is 0 Å². The van der Waals surface area contributed by atoms with Gasteiger partial charge in [0.15, 0.2) is 11.5 Å². The van der Waals surface area contributed by atoms with E-state index in [1.54, 1.807) is 44.6 Å². The molecule has 140 valence electrons. The number of nitrogens with one attached hydrogen (secondary N) is 2. The van der Waals surface area contributed by atoms with Gasteiger partial charge >= 0.3 is 0 Å². The first kappa shape index (κ1) is 19.5. The smallest absolute Gasteiger partial charge is 0.271 e. The number of carbonyl (C=O) groups excluding carboxylic acids is 1. The molecule has 0 aliphatic heterocycles. The van der Waals surface area contributed by atoms with Crippen LogP contribution in [0.3, 0.4) is 0 Å². The highest BCUT2D eigenvalue weighted by molar-refractivity contribution is 5.92. The molecule has 2 aromatic rings. The Balaban J connectivity index is 1.98. The van der Waals surface area contributed by atoms with E-state index in [0.29, 0.717) is 29.5 Å². The minimum Gasteiger partial charge on any atom is -0.497 e. The largest absolute Gasteiger partial charge is 0.497 e. The summed E-state index contributed by atoms with van der Waals surface area (Å²) in [6.45, 7) is 1.51. The van der Waals surface area contributed by atoms with Crippen molar-refractivity contribution >= 4 is 17.4 Å². The highest BCUT2D eigenvalue weighted by atomic mass is 16.5. The summed E-state index contributed by atoms with van der Waals surface area (Å²) in [6, 6.07) is 8.72. The fourth-order valence-electron chi connectivity index (χ4n) is 2.26. The third kappa shape index (κ3) is 5.59. The highest BCUT2D eigenvalue weighted by Gasteiger charge is 2.10. The van der Waals surface area contributed by atoms with Crippen LogP contribution in [0.5, 0.6) is 11.5 Å². The van der Waals surface area contributed by atoms with Crippen LogP contribution in [0.4, 0.5) is 11.5 Å². The Labute approximate surface area is 153 Å². The molecule has 8 nitrogen and oxygen atoms in total. The molecular weight excluding hydrogens is 334 g/mol. The van der Waals surface area contributed by atoms with Gasteiger partial charge in [-0.3, -0.25) is 4.79 Å². The van der Waals surface area contributed by atoms with Crippen molar-refractivity contribution in [3.63, 3.8) is 0 Å². The number of nitrogens with zero attached hydrogens (tertiary/aromatic N) is 3. The van der Waals surface area contributed by atoms with E-state index in [0.717, 1.165) is 13.0 Å². The van der Waals surface area contributed by atoms with Gasteiger partial charge in [0, 0.05) is 12.6 Å². The average molecular weight is 359 g/mol. The van der Waals surface area contributed by atoms with Crippen molar-refractivity contribution in [1.29, 1.82) is 0 Å². The van der Waals surface area contributed by atoms with E-state index in [1.165, 1.54) is 0 Å². The molecule has 0 bridgehead atoms. The molecule has 0 aliphatic rings. The molecule has 0 atom stereocenters. The number of hydrogen-bond acceptors (Lipinski definition) is 7. The van der Waals surface area contributed by atoms with Crippen LogP contribution in [0, 0.1) is 0 Å². The van der Waals surface area contributed by atoms with Crippen LogP contribution in [0.2, 0.25) is 0 Å². The fraction of sp³-hybridized carbons (Fsp3) is 0.389. The average Bonchev–Trinajstić information content (AvgIpc) is 2.65. The molecule has 0 aliphatic carbocycles. The van der Waals surface area contributed by atoms with Crippen molar-refractivity contribution in [2.24, 2.45) is 0 Å². The lowest BCUT2D eigenvalue weighted by molar-refractivity contribution is 0.0946. The number of ether oxygens (including phenoxy) is 2. The van der Waals surface area contributed by atoms with E-state index >= 15 is 0 Å². The monoisotopic (exact) mass is 359 g/mol. The number of benzene rings is 1. The topological polar surface area (TPSA) is 88.6 Å². The predicted octanol–water partition coefficient (Wildman–Crippen LogP) is 1.92. The molecule has 0 fully saturated rings. The number of rotatable bonds is 9. The van der Waals surface area contributed by atoms with Crippen LogP contribution < -0.4 is 20.1 Å². The van der Waals surface area contributed by atoms with E-state index < -0.39 is 0 Å². The van der Waals surface area contributed by atoms with Crippen LogP contribution in [0.1, 0.15) is 16.9 Å². The number of methoxy groups -OCH3 is 2. The van der Waals surface area contributed by atoms with Gasteiger partial charge in [0.25, 0.3) is 5.91 Å². The van der Waals surface area contributed by atoms with Crippen molar-refractivity contribution in [2.75, 3.05) is 46.7 Å². The summed E-state index contributed by atoms with van der Waals surface area (Å²) < 4.78 is 10.5. The summed E-state index contributed by atoms with van der Waals surface area (Å²) in [4.78, 5) is 14.1. The number of anilines is 2. The second kappa shape index (κ2) is 9.57. The maximum Gasteiger partial charge on any atom is 0.271 e. The predicted molar refractivity (Wildman–Crippen MR) is 100 cm³/mol. The van der Waals surface area contributed by atoms with E-state index in [1.807, 2.05) is 14.1 Å². The lowest BCUT2D eigenvalue weighted by Gasteiger charge is -2.12. The molecule has 1 heterocycles. The Morgan fingerprint density at radius 2 is 1.92 bits per heavy atom. The first-order chi connectivity index (χ1) is 12.5. The Hall–Kier alpha value is -2.87. The minimum absolute atomic E-state index is 0.234. The van der Waals surface area contributed by atoms with E-state index in [9.17, 15) is 4.79 Å². The molecular formula is C18H25N5O3. The Bertz CT molecular complexity index is 719. The zero-order chi connectivity index (χ0) is 18.9. The summed E-state index contributed by atoms with van der Waals surface area (Å²) in [5.74, 6) is 1.60. The standard InChI is InChI=1S/C18H25N5O3/c1-23(2)11-5-10-19-18(24)14-7-9-17(22-21-14)20-15-12-13(25-3)6-8-16(15)26-4/h6-9,12H,5,10-11H2,1-4H3,(H,19,24)(H,20,22). The van der Waals surface area contributed by atoms with Gasteiger partial charge < -0.3 is 25.0 Å². The zero-order valence-corrected chi connectivity index (χ0v) is 15.6. The van der Waals surface area contributed by atoms with Gasteiger partial charge in [0.2, 0.25) is 0 Å². The molecule has 26 heavy (non-hydrogen) atoms. The molecule has 8 heteroatoms. The summed E-state index contributed by atoms with van der Waals surface area (Å²) >= 11 is 0. The molecule has 0 radical (unpaired) electrons. The van der Waals surface area contributed by atoms with Gasteiger partial charge in [-0.05, 0) is 51.3 Å². The fourth-order valence-corrected chi connectivity index (χ4v) is 2.26. The van der Waals surface area contributed by atoms with Gasteiger partial charge in [0.05, 0.1) is 19.9 Å². The molecule has 1 aromatic heterocycles. The molecule has 1 aromatic carbocycles. The first-order valence-electron chi connectivity index (χ1n) is 8.29. The van der Waals surface area contributed by atoms with E-state index in [4.69, 9.17) is 9.47 Å². The van der Waals surface area contributed by atoms with Gasteiger partial charge in [-0.1, -0.05) is 0 Å². The maximum atomic E-state index is 12.1. The van der Waals surface area contributed by atoms with Crippen molar-refractivity contribution in [3.8, 4) is 11.5 Å². The normalized spacial score (nSPS) is 10.5. The summed E-state index contributed by atoms with van der Waals surface area (Å²) in [5.41, 5.74) is 0.972. The molecule has 2 rings (SSSR count). The van der Waals surface area contributed by atoms with Crippen LogP contribution in [-0.2, 0) is 0 Å². The third-order valence-electron chi connectivity index (χ3n) is 3.63. The van der Waals surface area contributed by atoms with E-state index in [-0.39, 0.29) is 11.6 Å². The summed E-state index contributed by atoms with van der Waals surface area (Å²) in [7, 11) is 7.17. The second-order valence-corrected chi connectivity index (χ2v) is 5.91.